The molecule has 4 heteroatoms. The van der Waals surface area contributed by atoms with Crippen molar-refractivity contribution in [3.05, 3.63) is 62.5 Å². The zero-order chi connectivity index (χ0) is 13.8. The molecule has 0 spiro atoms. The van der Waals surface area contributed by atoms with Crippen LogP contribution in [0.25, 0.3) is 0 Å². The summed E-state index contributed by atoms with van der Waals surface area (Å²) in [5.74, 6) is 0.512. The van der Waals surface area contributed by atoms with Crippen LogP contribution in [-0.2, 0) is 12.4 Å². The normalized spacial score (nSPS) is 10.5. The maximum atomic E-state index is 6.02. The molecule has 2 rings (SSSR count). The summed E-state index contributed by atoms with van der Waals surface area (Å²) in [5, 5.41) is 0. The molecule has 0 atom stereocenters. The third kappa shape index (κ3) is 3.98. The predicted octanol–water partition coefficient (Wildman–Crippen LogP) is 5.59. The molecule has 100 valence electrons. The molecule has 0 N–H and O–H groups in total. The molecule has 0 amide bonds. The average Bonchev–Trinajstić information content (AvgIpc) is 2.38. The molecule has 1 nitrogen and oxygen atoms in total. The predicted molar refractivity (Wildman–Crippen MR) is 89.9 cm³/mol. The first-order valence-corrected chi connectivity index (χ1v) is 8.02. The average molecular weight is 404 g/mol. The Morgan fingerprint density at radius 2 is 1.79 bits per heavy atom. The standard InChI is InChI=1S/C15H14Br2ClN/c1-19(10-11-3-2-4-13(16)7-11)15-6-5-14(17)8-12(15)9-18/h2-8H,9-10H2,1H3. The van der Waals surface area contributed by atoms with Crippen LogP contribution < -0.4 is 4.90 Å². The molecule has 2 aromatic carbocycles. The summed E-state index contributed by atoms with van der Waals surface area (Å²) in [6.45, 7) is 0.852. The molecule has 0 saturated heterocycles. The number of nitrogens with zero attached hydrogens (tertiary/aromatic N) is 1. The monoisotopic (exact) mass is 401 g/mol. The Morgan fingerprint density at radius 3 is 2.47 bits per heavy atom. The Morgan fingerprint density at radius 1 is 1.05 bits per heavy atom. The fraction of sp³-hybridized carbons (Fsp3) is 0.200. The van der Waals surface area contributed by atoms with Crippen molar-refractivity contribution in [1.82, 2.24) is 0 Å². The lowest BCUT2D eigenvalue weighted by molar-refractivity contribution is 0.915. The Hall–Kier alpha value is -0.510. The molecular weight excluding hydrogens is 389 g/mol. The van der Waals surface area contributed by atoms with Crippen LogP contribution in [0.4, 0.5) is 5.69 Å². The Labute approximate surface area is 135 Å². The number of rotatable bonds is 4. The van der Waals surface area contributed by atoms with Gasteiger partial charge in [0.25, 0.3) is 0 Å². The molecule has 0 saturated carbocycles. The van der Waals surface area contributed by atoms with E-state index in [-0.39, 0.29) is 0 Å². The quantitative estimate of drug-likeness (QED) is 0.602. The second kappa shape index (κ2) is 6.78. The molecule has 0 bridgehead atoms. The first kappa shape index (κ1) is 14.9. The van der Waals surface area contributed by atoms with E-state index in [1.165, 1.54) is 5.56 Å². The summed E-state index contributed by atoms with van der Waals surface area (Å²) >= 11 is 13.0. The van der Waals surface area contributed by atoms with Gasteiger partial charge in [-0.1, -0.05) is 44.0 Å². The van der Waals surface area contributed by atoms with Crippen molar-refractivity contribution in [1.29, 1.82) is 0 Å². The van der Waals surface area contributed by atoms with E-state index in [2.05, 4.69) is 74.1 Å². The molecule has 0 unspecified atom stereocenters. The summed E-state index contributed by atoms with van der Waals surface area (Å²) in [4.78, 5) is 2.21. The Bertz CT molecular complexity index is 572. The van der Waals surface area contributed by atoms with Gasteiger partial charge in [-0.15, -0.1) is 11.6 Å². The van der Waals surface area contributed by atoms with Crippen molar-refractivity contribution < 1.29 is 0 Å². The number of alkyl halides is 1. The van der Waals surface area contributed by atoms with Crippen molar-refractivity contribution in [2.75, 3.05) is 11.9 Å². The zero-order valence-corrected chi connectivity index (χ0v) is 14.5. The first-order chi connectivity index (χ1) is 9.10. The molecule has 0 radical (unpaired) electrons. The van der Waals surface area contributed by atoms with Gasteiger partial charge in [-0.05, 0) is 41.5 Å². The van der Waals surface area contributed by atoms with Crippen LogP contribution in [0.5, 0.6) is 0 Å². The van der Waals surface area contributed by atoms with Crippen LogP contribution >= 0.6 is 43.5 Å². The fourth-order valence-electron chi connectivity index (χ4n) is 2.03. The number of hydrogen-bond acceptors (Lipinski definition) is 1. The summed E-state index contributed by atoms with van der Waals surface area (Å²) in [6, 6.07) is 14.6. The number of anilines is 1. The summed E-state index contributed by atoms with van der Waals surface area (Å²) < 4.78 is 2.16. The number of hydrogen-bond donors (Lipinski definition) is 0. The maximum absolute atomic E-state index is 6.02. The summed E-state index contributed by atoms with van der Waals surface area (Å²) in [5.41, 5.74) is 3.56. The van der Waals surface area contributed by atoms with Crippen molar-refractivity contribution in [3.63, 3.8) is 0 Å². The minimum absolute atomic E-state index is 0.512. The lowest BCUT2D eigenvalue weighted by atomic mass is 10.1. The van der Waals surface area contributed by atoms with Gasteiger partial charge in [0.2, 0.25) is 0 Å². The zero-order valence-electron chi connectivity index (χ0n) is 10.5. The van der Waals surface area contributed by atoms with Crippen molar-refractivity contribution in [2.24, 2.45) is 0 Å². The van der Waals surface area contributed by atoms with E-state index < -0.39 is 0 Å². The van der Waals surface area contributed by atoms with E-state index in [4.69, 9.17) is 11.6 Å². The van der Waals surface area contributed by atoms with Crippen LogP contribution in [0.3, 0.4) is 0 Å². The second-order valence-corrected chi connectivity index (χ2v) is 6.49. The SMILES string of the molecule is CN(Cc1cccc(Br)c1)c1ccc(Br)cc1CCl. The Kier molecular flexibility index (Phi) is 5.31. The van der Waals surface area contributed by atoms with Gasteiger partial charge in [0.05, 0.1) is 0 Å². The fourth-order valence-corrected chi connectivity index (χ4v) is 3.10. The van der Waals surface area contributed by atoms with Crippen molar-refractivity contribution >= 4 is 49.1 Å². The highest BCUT2D eigenvalue weighted by molar-refractivity contribution is 9.10. The third-order valence-corrected chi connectivity index (χ3v) is 4.18. The molecule has 0 aromatic heterocycles. The van der Waals surface area contributed by atoms with Crippen LogP contribution in [0.15, 0.2) is 51.4 Å². The van der Waals surface area contributed by atoms with E-state index in [1.54, 1.807) is 0 Å². The van der Waals surface area contributed by atoms with E-state index >= 15 is 0 Å². The highest BCUT2D eigenvalue weighted by Gasteiger charge is 2.08. The van der Waals surface area contributed by atoms with Crippen LogP contribution in [-0.4, -0.2) is 7.05 Å². The minimum atomic E-state index is 0.512. The number of benzene rings is 2. The van der Waals surface area contributed by atoms with E-state index in [0.717, 1.165) is 26.7 Å². The van der Waals surface area contributed by atoms with Gasteiger partial charge in [-0.3, -0.25) is 0 Å². The smallest absolute Gasteiger partial charge is 0.0494 e. The third-order valence-electron chi connectivity index (χ3n) is 2.91. The second-order valence-electron chi connectivity index (χ2n) is 4.39. The molecule has 19 heavy (non-hydrogen) atoms. The topological polar surface area (TPSA) is 3.24 Å². The molecule has 0 aliphatic carbocycles. The molecule has 0 heterocycles. The van der Waals surface area contributed by atoms with Gasteiger partial charge in [0, 0.05) is 34.1 Å². The van der Waals surface area contributed by atoms with Crippen molar-refractivity contribution in [2.45, 2.75) is 12.4 Å². The van der Waals surface area contributed by atoms with Crippen LogP contribution in [0.1, 0.15) is 11.1 Å². The molecule has 0 aliphatic rings. The minimum Gasteiger partial charge on any atom is -0.370 e. The van der Waals surface area contributed by atoms with Crippen LogP contribution in [0, 0.1) is 0 Å². The highest BCUT2D eigenvalue weighted by atomic mass is 79.9. The van der Waals surface area contributed by atoms with Crippen LogP contribution in [0.2, 0.25) is 0 Å². The summed E-state index contributed by atoms with van der Waals surface area (Å²) in [6.07, 6.45) is 0. The van der Waals surface area contributed by atoms with Gasteiger partial charge < -0.3 is 4.90 Å². The molecule has 0 fully saturated rings. The number of halogens is 3. The first-order valence-electron chi connectivity index (χ1n) is 5.90. The lowest BCUT2D eigenvalue weighted by Crippen LogP contribution is -2.17. The molecule has 2 aromatic rings. The largest absolute Gasteiger partial charge is 0.370 e. The van der Waals surface area contributed by atoms with E-state index in [9.17, 15) is 0 Å². The Balaban J connectivity index is 2.22. The maximum Gasteiger partial charge on any atom is 0.0494 e. The van der Waals surface area contributed by atoms with Gasteiger partial charge >= 0.3 is 0 Å². The highest BCUT2D eigenvalue weighted by Crippen LogP contribution is 2.26. The van der Waals surface area contributed by atoms with Gasteiger partial charge in [-0.2, -0.15) is 0 Å². The molecule has 0 aliphatic heterocycles. The summed E-state index contributed by atoms with van der Waals surface area (Å²) in [7, 11) is 2.08. The van der Waals surface area contributed by atoms with Crippen molar-refractivity contribution in [3.8, 4) is 0 Å². The van der Waals surface area contributed by atoms with E-state index in [1.807, 2.05) is 12.1 Å². The van der Waals surface area contributed by atoms with Gasteiger partial charge in [0.1, 0.15) is 0 Å². The van der Waals surface area contributed by atoms with Gasteiger partial charge in [0.15, 0.2) is 0 Å². The lowest BCUT2D eigenvalue weighted by Gasteiger charge is -2.22. The van der Waals surface area contributed by atoms with E-state index in [0.29, 0.717) is 5.88 Å². The molecular formula is C15H14Br2ClN. The van der Waals surface area contributed by atoms with Gasteiger partial charge in [-0.25, -0.2) is 0 Å².